The van der Waals surface area contributed by atoms with E-state index in [4.69, 9.17) is 28.4 Å². The summed E-state index contributed by atoms with van der Waals surface area (Å²) in [5.41, 5.74) is 0.462. The number of benzene rings is 1. The SMILES string of the molecule is CCCCCOC(=O)OC(C)CN[C@@H](Cc1ccc(OC(=O)OCCC(C)C)c(OC(=O)OCCC(C)C)c1)C(=O)O. The van der Waals surface area contributed by atoms with E-state index in [2.05, 4.69) is 5.32 Å². The van der Waals surface area contributed by atoms with Gasteiger partial charge in [0.2, 0.25) is 0 Å². The second kappa shape index (κ2) is 20.4. The van der Waals surface area contributed by atoms with E-state index in [1.165, 1.54) is 12.1 Å². The summed E-state index contributed by atoms with van der Waals surface area (Å²) in [7, 11) is 0. The first kappa shape index (κ1) is 36.5. The van der Waals surface area contributed by atoms with Gasteiger partial charge in [-0.1, -0.05) is 53.5 Å². The highest BCUT2D eigenvalue weighted by Crippen LogP contribution is 2.30. The van der Waals surface area contributed by atoms with Crippen LogP contribution in [0.1, 0.15) is 79.2 Å². The zero-order chi connectivity index (χ0) is 31.5. The number of carbonyl (C=O) groups is 4. The lowest BCUT2D eigenvalue weighted by atomic mass is 10.0. The Kier molecular flexibility index (Phi) is 17.7. The Hall–Kier alpha value is -3.54. The minimum Gasteiger partial charge on any atom is -0.480 e. The highest BCUT2D eigenvalue weighted by atomic mass is 16.7. The molecule has 42 heavy (non-hydrogen) atoms. The van der Waals surface area contributed by atoms with E-state index in [1.54, 1.807) is 13.0 Å². The van der Waals surface area contributed by atoms with Gasteiger partial charge in [-0.05, 0) is 62.1 Å². The summed E-state index contributed by atoms with van der Waals surface area (Å²) in [6.45, 7) is 12.2. The Bertz CT molecular complexity index is 980. The number of unbranched alkanes of at least 4 members (excludes halogenated alkanes) is 2. The van der Waals surface area contributed by atoms with Crippen molar-refractivity contribution in [2.75, 3.05) is 26.4 Å². The monoisotopic (exact) mass is 597 g/mol. The van der Waals surface area contributed by atoms with Gasteiger partial charge in [0.25, 0.3) is 0 Å². The molecule has 1 rings (SSSR count). The van der Waals surface area contributed by atoms with Crippen LogP contribution in [0.25, 0.3) is 0 Å². The largest absolute Gasteiger partial charge is 0.513 e. The molecule has 0 fully saturated rings. The maximum Gasteiger partial charge on any atom is 0.513 e. The number of carbonyl (C=O) groups excluding carboxylic acids is 3. The summed E-state index contributed by atoms with van der Waals surface area (Å²) >= 11 is 0. The molecule has 2 N–H and O–H groups in total. The quantitative estimate of drug-likeness (QED) is 0.0815. The van der Waals surface area contributed by atoms with Crippen molar-refractivity contribution in [1.82, 2.24) is 5.32 Å². The lowest BCUT2D eigenvalue weighted by Gasteiger charge is -2.19. The van der Waals surface area contributed by atoms with E-state index >= 15 is 0 Å². The summed E-state index contributed by atoms with van der Waals surface area (Å²) in [6.07, 6.45) is 0.493. The van der Waals surface area contributed by atoms with Crippen LogP contribution in [0.4, 0.5) is 14.4 Å². The average Bonchev–Trinajstić information content (AvgIpc) is 2.89. The molecular formula is C30H47NO11. The predicted octanol–water partition coefficient (Wildman–Crippen LogP) is 6.13. The molecule has 0 saturated carbocycles. The minimum absolute atomic E-state index is 0.0264. The van der Waals surface area contributed by atoms with Crippen LogP contribution in [0.3, 0.4) is 0 Å². The molecule has 0 aliphatic heterocycles. The van der Waals surface area contributed by atoms with Gasteiger partial charge in [-0.3, -0.25) is 4.79 Å². The Morgan fingerprint density at radius 1 is 0.786 bits per heavy atom. The molecule has 0 amide bonds. The van der Waals surface area contributed by atoms with E-state index in [0.717, 1.165) is 19.3 Å². The molecule has 1 unspecified atom stereocenters. The number of carboxylic acids is 1. The van der Waals surface area contributed by atoms with Gasteiger partial charge in [-0.15, -0.1) is 0 Å². The van der Waals surface area contributed by atoms with E-state index in [-0.39, 0.29) is 44.3 Å². The third-order valence-electron chi connectivity index (χ3n) is 5.88. The molecule has 1 aromatic carbocycles. The first-order chi connectivity index (χ1) is 19.9. The topological polar surface area (TPSA) is 156 Å². The Balaban J connectivity index is 2.90. The third kappa shape index (κ3) is 16.7. The Morgan fingerprint density at radius 3 is 1.90 bits per heavy atom. The summed E-state index contributed by atoms with van der Waals surface area (Å²) in [6, 6.07) is 3.25. The lowest BCUT2D eigenvalue weighted by molar-refractivity contribution is -0.139. The van der Waals surface area contributed by atoms with Crippen molar-refractivity contribution < 1.29 is 52.7 Å². The molecule has 0 saturated heterocycles. The second-order valence-electron chi connectivity index (χ2n) is 10.8. The fourth-order valence-electron chi connectivity index (χ4n) is 3.38. The number of aliphatic carboxylic acids is 1. The first-order valence-electron chi connectivity index (χ1n) is 14.5. The van der Waals surface area contributed by atoms with Crippen molar-refractivity contribution in [3.05, 3.63) is 23.8 Å². The number of hydrogen-bond donors (Lipinski definition) is 2. The van der Waals surface area contributed by atoms with Crippen molar-refractivity contribution in [2.45, 2.75) is 92.2 Å². The zero-order valence-electron chi connectivity index (χ0n) is 25.6. The highest BCUT2D eigenvalue weighted by molar-refractivity contribution is 5.74. The molecular weight excluding hydrogens is 550 g/mol. The number of carboxylic acid groups (broad SMARTS) is 1. The third-order valence-corrected chi connectivity index (χ3v) is 5.88. The van der Waals surface area contributed by atoms with Crippen LogP contribution in [0.5, 0.6) is 11.5 Å². The van der Waals surface area contributed by atoms with Crippen molar-refractivity contribution >= 4 is 24.4 Å². The summed E-state index contributed by atoms with van der Waals surface area (Å²) in [5, 5.41) is 12.6. The summed E-state index contributed by atoms with van der Waals surface area (Å²) < 4.78 is 30.9. The molecule has 0 aromatic heterocycles. The van der Waals surface area contributed by atoms with Crippen LogP contribution < -0.4 is 14.8 Å². The molecule has 12 heteroatoms. The predicted molar refractivity (Wildman–Crippen MR) is 154 cm³/mol. The molecule has 1 aromatic rings. The fourth-order valence-corrected chi connectivity index (χ4v) is 3.38. The Labute approximate surface area is 248 Å². The van der Waals surface area contributed by atoms with E-state index in [1.807, 2.05) is 34.6 Å². The summed E-state index contributed by atoms with van der Waals surface area (Å²) in [4.78, 5) is 48.3. The van der Waals surface area contributed by atoms with E-state index in [0.29, 0.717) is 30.2 Å². The number of rotatable bonds is 19. The molecule has 0 bridgehead atoms. The Morgan fingerprint density at radius 2 is 1.36 bits per heavy atom. The molecule has 238 valence electrons. The van der Waals surface area contributed by atoms with Gasteiger partial charge in [-0.2, -0.15) is 0 Å². The average molecular weight is 598 g/mol. The van der Waals surface area contributed by atoms with E-state index < -0.39 is 36.6 Å². The van der Waals surface area contributed by atoms with Gasteiger partial charge in [0.15, 0.2) is 11.5 Å². The van der Waals surface area contributed by atoms with Crippen LogP contribution in [0, 0.1) is 11.8 Å². The minimum atomic E-state index is -1.14. The fraction of sp³-hybridized carbons (Fsp3) is 0.667. The van der Waals surface area contributed by atoms with Gasteiger partial charge in [0.1, 0.15) is 12.1 Å². The van der Waals surface area contributed by atoms with Crippen LogP contribution >= 0.6 is 0 Å². The van der Waals surface area contributed by atoms with Gasteiger partial charge in [-0.25, -0.2) is 14.4 Å². The number of ether oxygens (including phenoxy) is 6. The number of hydrogen-bond acceptors (Lipinski definition) is 11. The van der Waals surface area contributed by atoms with Crippen molar-refractivity contribution in [1.29, 1.82) is 0 Å². The van der Waals surface area contributed by atoms with Crippen molar-refractivity contribution in [2.24, 2.45) is 11.8 Å². The standard InChI is InChI=1S/C30H47NO11/c1-7-8-9-14-37-28(34)40-22(6)19-31-24(27(32)33)17-23-10-11-25(41-29(35)38-15-12-20(2)3)26(18-23)42-30(36)39-16-13-21(4)5/h10-11,18,20-22,24,31H,7-9,12-17,19H2,1-6H3,(H,32,33)/t22?,24-/m0/s1. The maximum atomic E-state index is 12.3. The molecule has 2 atom stereocenters. The van der Waals surface area contributed by atoms with Crippen LogP contribution in [-0.2, 0) is 30.2 Å². The summed E-state index contributed by atoms with van der Waals surface area (Å²) in [5.74, 6) is -0.728. The first-order valence-corrected chi connectivity index (χ1v) is 14.5. The second-order valence-corrected chi connectivity index (χ2v) is 10.8. The normalized spacial score (nSPS) is 12.4. The van der Waals surface area contributed by atoms with Gasteiger partial charge in [0.05, 0.1) is 19.8 Å². The molecule has 0 radical (unpaired) electrons. The molecule has 0 heterocycles. The van der Waals surface area contributed by atoms with E-state index in [9.17, 15) is 24.3 Å². The zero-order valence-corrected chi connectivity index (χ0v) is 25.6. The lowest BCUT2D eigenvalue weighted by Crippen LogP contribution is -2.42. The van der Waals surface area contributed by atoms with Crippen LogP contribution in [-0.4, -0.2) is 68.1 Å². The van der Waals surface area contributed by atoms with Crippen molar-refractivity contribution in [3.8, 4) is 11.5 Å². The molecule has 12 nitrogen and oxygen atoms in total. The maximum absolute atomic E-state index is 12.3. The van der Waals surface area contributed by atoms with Gasteiger partial charge >= 0.3 is 24.4 Å². The molecule has 0 aliphatic rings. The van der Waals surface area contributed by atoms with Crippen LogP contribution in [0.15, 0.2) is 18.2 Å². The molecule has 0 spiro atoms. The smallest absolute Gasteiger partial charge is 0.480 e. The molecule has 0 aliphatic carbocycles. The number of nitrogens with one attached hydrogen (secondary N) is 1. The van der Waals surface area contributed by atoms with Crippen molar-refractivity contribution in [3.63, 3.8) is 0 Å². The van der Waals surface area contributed by atoms with Gasteiger partial charge < -0.3 is 38.8 Å². The van der Waals surface area contributed by atoms with Gasteiger partial charge in [0, 0.05) is 6.54 Å². The highest BCUT2D eigenvalue weighted by Gasteiger charge is 2.22. The van der Waals surface area contributed by atoms with Crippen LogP contribution in [0.2, 0.25) is 0 Å².